The standard InChI is InChI=1S/C60H75ClN10O14S2/c1-33(72)52-60(85)70-50(59(84)67-47(54(63)79)26-38-13-21-44(75)22-14-38)32-87-86-31-49(69-55(80)40(28-45(76)30-65-34(2)73)24-35-9-17-42(61)18-10-35)51(77)29-41(25-36-11-19-43(74)20-12-36)56(81)68-48(27-37-7-15-39(16-8-37)53(62)78)58(83)66-46(57(82)71-52)6-4-5-23-64-3/h7-22,33,40-41,46-50,52,64,72,74-75H,4-6,23-32H2,1-3H3,(H2,62,78)(H2,63,79)(H,65,73)(H,66,83)(H,67,84)(H,68,81)(H,69,80)(H,70,85)(H,71,82)/t33-,40-,41-,46+,47-,48-,49-,50+,52+/m1/s1. The molecule has 9 atom stereocenters. The fourth-order valence-electron chi connectivity index (χ4n) is 9.23. The number of nitrogens with one attached hydrogen (secondary N) is 8. The summed E-state index contributed by atoms with van der Waals surface area (Å²) in [7, 11) is 3.61. The van der Waals surface area contributed by atoms with E-state index in [1.54, 1.807) is 31.3 Å². The maximum Gasteiger partial charge on any atom is 0.248 e. The Morgan fingerprint density at radius 3 is 1.85 bits per heavy atom. The number of aromatic hydroxyl groups is 2. The molecule has 0 bridgehead atoms. The van der Waals surface area contributed by atoms with E-state index in [-0.39, 0.29) is 60.7 Å². The first-order valence-electron chi connectivity index (χ1n) is 28.1. The highest BCUT2D eigenvalue weighted by atomic mass is 35.5. The van der Waals surface area contributed by atoms with Crippen molar-refractivity contribution in [2.24, 2.45) is 23.3 Å². The molecule has 4 aromatic carbocycles. The van der Waals surface area contributed by atoms with Gasteiger partial charge in [-0.1, -0.05) is 81.7 Å². The first-order chi connectivity index (χ1) is 41.4. The molecule has 1 aliphatic rings. The van der Waals surface area contributed by atoms with E-state index < -0.39 is 138 Å². The summed E-state index contributed by atoms with van der Waals surface area (Å²) in [6, 6.07) is 14.8. The van der Waals surface area contributed by atoms with Crippen molar-refractivity contribution in [2.45, 2.75) is 114 Å². The average molecular weight is 1260 g/mol. The average Bonchev–Trinajstić information content (AvgIpc) is 2.44. The number of amides is 9. The molecule has 27 heteroatoms. The molecule has 4 aromatic rings. The molecule has 9 amide bonds. The van der Waals surface area contributed by atoms with E-state index in [0.717, 1.165) is 21.6 Å². The van der Waals surface area contributed by atoms with Crippen LogP contribution in [0.4, 0.5) is 0 Å². The number of phenolic OH excluding ortho intramolecular Hbond substituents is 2. The maximum absolute atomic E-state index is 15.1. The van der Waals surface area contributed by atoms with Crippen LogP contribution in [-0.2, 0) is 73.6 Å². The zero-order valence-electron chi connectivity index (χ0n) is 48.3. The Balaban J connectivity index is 1.63. The van der Waals surface area contributed by atoms with Crippen LogP contribution in [0, 0.1) is 11.8 Å². The third-order valence-corrected chi connectivity index (χ3v) is 16.8. The van der Waals surface area contributed by atoms with Crippen molar-refractivity contribution in [1.29, 1.82) is 0 Å². The van der Waals surface area contributed by atoms with Gasteiger partial charge in [0, 0.05) is 66.5 Å². The van der Waals surface area contributed by atoms with Gasteiger partial charge in [0.25, 0.3) is 0 Å². The lowest BCUT2D eigenvalue weighted by Crippen LogP contribution is -2.62. The molecule has 5 rings (SSSR count). The molecular formula is C60H75ClN10O14S2. The van der Waals surface area contributed by atoms with Crippen LogP contribution in [0.25, 0.3) is 0 Å². The van der Waals surface area contributed by atoms with Crippen LogP contribution in [0.5, 0.6) is 11.5 Å². The van der Waals surface area contributed by atoms with Gasteiger partial charge in [0.1, 0.15) is 41.7 Å². The number of aliphatic hydroxyl groups is 1. The van der Waals surface area contributed by atoms with Crippen molar-refractivity contribution < 1.29 is 68.1 Å². The van der Waals surface area contributed by atoms with Gasteiger partial charge in [-0.25, -0.2) is 0 Å². The van der Waals surface area contributed by atoms with Gasteiger partial charge in [-0.05, 0) is 123 Å². The van der Waals surface area contributed by atoms with Gasteiger partial charge < -0.3 is 69.3 Å². The number of phenols is 2. The Hall–Kier alpha value is -8.04. The van der Waals surface area contributed by atoms with Gasteiger partial charge in [-0.2, -0.15) is 0 Å². The molecule has 87 heavy (non-hydrogen) atoms. The number of ketones is 2. The molecule has 0 radical (unpaired) electrons. The molecule has 1 fully saturated rings. The molecule has 0 aliphatic carbocycles. The highest BCUT2D eigenvalue weighted by Crippen LogP contribution is 2.27. The predicted octanol–water partition coefficient (Wildman–Crippen LogP) is 0.967. The number of hydrogen-bond donors (Lipinski definition) is 13. The first-order valence-corrected chi connectivity index (χ1v) is 30.9. The number of aliphatic hydroxyl groups excluding tert-OH is 1. The largest absolute Gasteiger partial charge is 0.508 e. The summed E-state index contributed by atoms with van der Waals surface area (Å²) in [5, 5.41) is 53.0. The Bertz CT molecular complexity index is 3050. The second kappa shape index (κ2) is 34.9. The zero-order valence-corrected chi connectivity index (χ0v) is 50.7. The van der Waals surface area contributed by atoms with Crippen LogP contribution >= 0.6 is 33.2 Å². The fraction of sp³-hybridized carbons (Fsp3) is 0.417. The Morgan fingerprint density at radius 1 is 0.690 bits per heavy atom. The molecule has 0 saturated carbocycles. The number of carbonyl (C=O) groups excluding carboxylic acids is 11. The van der Waals surface area contributed by atoms with Crippen LogP contribution in [-0.4, -0.2) is 154 Å². The van der Waals surface area contributed by atoms with Crippen LogP contribution in [0.3, 0.4) is 0 Å². The highest BCUT2D eigenvalue weighted by Gasteiger charge is 2.37. The molecule has 0 spiro atoms. The summed E-state index contributed by atoms with van der Waals surface area (Å²) in [6.07, 6.45) is -2.38. The zero-order chi connectivity index (χ0) is 63.7. The quantitative estimate of drug-likeness (QED) is 0.0343. The van der Waals surface area contributed by atoms with E-state index in [2.05, 4.69) is 42.5 Å². The van der Waals surface area contributed by atoms with Crippen LogP contribution in [0.2, 0.25) is 5.02 Å². The van der Waals surface area contributed by atoms with E-state index in [1.807, 2.05) is 0 Å². The number of carbonyl (C=O) groups is 11. The van der Waals surface area contributed by atoms with Gasteiger partial charge in [-0.3, -0.25) is 52.7 Å². The molecule has 24 nitrogen and oxygen atoms in total. The first kappa shape index (κ1) is 69.7. The lowest BCUT2D eigenvalue weighted by Gasteiger charge is -2.29. The second-order valence-electron chi connectivity index (χ2n) is 21.2. The van der Waals surface area contributed by atoms with Crippen molar-refractivity contribution in [1.82, 2.24) is 42.5 Å². The lowest BCUT2D eigenvalue weighted by molar-refractivity contribution is -0.137. The second-order valence-corrected chi connectivity index (χ2v) is 24.1. The minimum atomic E-state index is -1.78. The smallest absolute Gasteiger partial charge is 0.248 e. The fourth-order valence-corrected chi connectivity index (χ4v) is 11.7. The number of hydrogen-bond acceptors (Lipinski definition) is 17. The third kappa shape index (κ3) is 23.6. The van der Waals surface area contributed by atoms with E-state index in [4.69, 9.17) is 23.1 Å². The molecular weight excluding hydrogens is 1180 g/mol. The predicted molar refractivity (Wildman–Crippen MR) is 328 cm³/mol. The number of halogens is 1. The van der Waals surface area contributed by atoms with Gasteiger partial charge in [-0.15, -0.1) is 0 Å². The Morgan fingerprint density at radius 2 is 1.25 bits per heavy atom. The molecule has 15 N–H and O–H groups in total. The number of rotatable bonds is 24. The number of benzene rings is 4. The summed E-state index contributed by atoms with van der Waals surface area (Å²) in [4.78, 5) is 153. The van der Waals surface area contributed by atoms with Crippen molar-refractivity contribution in [3.63, 3.8) is 0 Å². The molecule has 0 unspecified atom stereocenters. The Labute approximate surface area is 516 Å². The van der Waals surface area contributed by atoms with Crippen molar-refractivity contribution >= 4 is 97.9 Å². The number of Topliss-reactive ketones (excluding diaryl/α,β-unsaturated/α-hetero) is 2. The number of primary amides is 2. The summed E-state index contributed by atoms with van der Waals surface area (Å²) >= 11 is 6.17. The summed E-state index contributed by atoms with van der Waals surface area (Å²) in [6.45, 7) is 2.55. The van der Waals surface area contributed by atoms with E-state index in [1.165, 1.54) is 86.6 Å². The van der Waals surface area contributed by atoms with E-state index in [0.29, 0.717) is 46.7 Å². The van der Waals surface area contributed by atoms with Crippen LogP contribution in [0.1, 0.15) is 78.6 Å². The van der Waals surface area contributed by atoms with Gasteiger partial charge in [0.15, 0.2) is 11.6 Å². The van der Waals surface area contributed by atoms with Gasteiger partial charge in [0.2, 0.25) is 53.2 Å². The number of unbranched alkanes of at least 4 members (excludes halogenated alkanes) is 1. The molecule has 468 valence electrons. The summed E-state index contributed by atoms with van der Waals surface area (Å²) in [5.41, 5.74) is 13.4. The van der Waals surface area contributed by atoms with Gasteiger partial charge in [0.05, 0.1) is 18.7 Å². The molecule has 1 heterocycles. The van der Waals surface area contributed by atoms with E-state index in [9.17, 15) is 58.5 Å². The topological polar surface area (TPSA) is 397 Å². The normalized spacial score (nSPS) is 20.2. The lowest BCUT2D eigenvalue weighted by atomic mass is 9.90. The molecule has 1 saturated heterocycles. The van der Waals surface area contributed by atoms with Gasteiger partial charge >= 0.3 is 0 Å². The minimum absolute atomic E-state index is 0.0229. The Kier molecular flexibility index (Phi) is 28.0. The monoisotopic (exact) mass is 1260 g/mol. The molecule has 1 aliphatic heterocycles. The van der Waals surface area contributed by atoms with Crippen molar-refractivity contribution in [2.75, 3.05) is 31.6 Å². The SMILES string of the molecule is CNCCCC[C@@H]1NC(=O)[C@@H](Cc2ccc(C(N)=O)cc2)NC(=O)[C@H](Cc2ccc(O)cc2)CC(=O)[C@H](NC(=O)[C@@H](CC(=O)CNC(C)=O)Cc2ccc(Cl)cc2)CSSC[C@@H](C(=O)N[C@H](Cc2ccc(O)cc2)C(N)=O)NC(=O)[C@H]([C@@H](C)O)NC1=O. The third-order valence-electron chi connectivity index (χ3n) is 14.1. The van der Waals surface area contributed by atoms with Crippen LogP contribution < -0.4 is 54.0 Å². The highest BCUT2D eigenvalue weighted by molar-refractivity contribution is 8.76. The van der Waals surface area contributed by atoms with Crippen LogP contribution in [0.15, 0.2) is 97.1 Å². The summed E-state index contributed by atoms with van der Waals surface area (Å²) in [5.74, 6) is -12.0. The van der Waals surface area contributed by atoms with Crippen molar-refractivity contribution in [3.05, 3.63) is 130 Å². The minimum Gasteiger partial charge on any atom is -0.508 e. The van der Waals surface area contributed by atoms with Crippen molar-refractivity contribution in [3.8, 4) is 11.5 Å². The molecule has 0 aromatic heterocycles. The maximum atomic E-state index is 15.1. The number of nitrogens with two attached hydrogens (primary N) is 2. The van der Waals surface area contributed by atoms with E-state index >= 15 is 9.59 Å². The summed E-state index contributed by atoms with van der Waals surface area (Å²) < 4.78 is 0.